The molecule has 352 valence electrons. The Morgan fingerprint density at radius 2 is 1.38 bits per heavy atom. The maximum absolute atomic E-state index is 13.3. The summed E-state index contributed by atoms with van der Waals surface area (Å²) < 4.78 is 153. The van der Waals surface area contributed by atoms with Gasteiger partial charge in [-0.25, -0.2) is 23.5 Å². The normalized spacial score (nSPS) is 26.7. The summed E-state index contributed by atoms with van der Waals surface area (Å²) >= 11 is 0. The van der Waals surface area contributed by atoms with Gasteiger partial charge >= 0.3 is 63.5 Å². The molecule has 2 aliphatic rings. The zero-order valence-corrected chi connectivity index (χ0v) is 33.3. The molecule has 0 bridgehead atoms. The van der Waals surface area contributed by atoms with Crippen LogP contribution in [0.1, 0.15) is 27.0 Å². The predicted molar refractivity (Wildman–Crippen MR) is 177 cm³/mol. The van der Waals surface area contributed by atoms with Crippen LogP contribution in [0.2, 0.25) is 0 Å². The number of esters is 5. The lowest BCUT2D eigenvalue weighted by molar-refractivity contribution is -0.259. The van der Waals surface area contributed by atoms with Gasteiger partial charge in [-0.15, -0.1) is 0 Å². The van der Waals surface area contributed by atoms with Crippen LogP contribution in [0.25, 0.3) is 10.4 Å². The van der Waals surface area contributed by atoms with Crippen LogP contribution in [0, 0.1) is 0 Å². The quantitative estimate of drug-likeness (QED) is 0.0293. The number of hydrogen-bond donors (Lipinski definition) is 4. The first kappa shape index (κ1) is 51.9. The Balaban J connectivity index is 2.01. The van der Waals surface area contributed by atoms with Gasteiger partial charge in [-0.2, -0.15) is 30.7 Å². The highest BCUT2D eigenvalue weighted by Crippen LogP contribution is 2.61. The van der Waals surface area contributed by atoms with Crippen LogP contribution in [0.15, 0.2) is 27.0 Å². The fourth-order valence-electron chi connectivity index (χ4n) is 5.29. The molecule has 1 amide bonds. The lowest BCUT2D eigenvalue weighted by Crippen LogP contribution is -2.66. The zero-order valence-electron chi connectivity index (χ0n) is 31.5. The number of carbonyl (C=O) groups excluding carboxylic acids is 6. The molecule has 63 heavy (non-hydrogen) atoms. The third kappa shape index (κ3) is 15.1. The molecule has 0 spiro atoms. The van der Waals surface area contributed by atoms with Crippen LogP contribution in [0.4, 0.5) is 26.3 Å². The number of alkyl halides is 6. The van der Waals surface area contributed by atoms with Gasteiger partial charge in [-0.1, -0.05) is 5.11 Å². The molecule has 0 radical (unpaired) electrons. The van der Waals surface area contributed by atoms with Gasteiger partial charge in [0.2, 0.25) is 5.91 Å². The first-order valence-corrected chi connectivity index (χ1v) is 19.6. The van der Waals surface area contributed by atoms with Crippen molar-refractivity contribution < 1.29 is 121 Å². The number of H-pyrrole nitrogens is 1. The maximum Gasteiger partial charge on any atom is 0.490 e. The Hall–Kier alpha value is -5.43. The molecule has 2 fully saturated rings. The van der Waals surface area contributed by atoms with Gasteiger partial charge < -0.3 is 48.3 Å². The van der Waals surface area contributed by atoms with E-state index < -0.39 is 150 Å². The van der Waals surface area contributed by atoms with Crippen LogP contribution in [0.3, 0.4) is 0 Å². The van der Waals surface area contributed by atoms with E-state index in [-0.39, 0.29) is 4.57 Å². The van der Waals surface area contributed by atoms with Crippen molar-refractivity contribution in [2.24, 2.45) is 5.11 Å². The molecule has 5 unspecified atom stereocenters. The molecular formula is C27H30F6N6O22P2. The number of phosphoric acid groups is 2. The van der Waals surface area contributed by atoms with E-state index in [0.717, 1.165) is 20.8 Å². The molecule has 36 heteroatoms. The second-order valence-corrected chi connectivity index (χ2v) is 15.2. The number of aromatic amines is 1. The van der Waals surface area contributed by atoms with Gasteiger partial charge in [0.05, 0.1) is 6.61 Å². The van der Waals surface area contributed by atoms with E-state index in [1.54, 1.807) is 4.98 Å². The molecule has 0 aromatic carbocycles. The summed E-state index contributed by atoms with van der Waals surface area (Å²) in [4.78, 5) is 121. The summed E-state index contributed by atoms with van der Waals surface area (Å²) in [6, 6.07) is -1.64. The molecule has 28 nitrogen and oxygen atoms in total. The molecule has 3 heterocycles. The molecule has 0 aliphatic carbocycles. The second kappa shape index (κ2) is 20.8. The topological polar surface area (TPSA) is 385 Å². The Morgan fingerprint density at radius 1 is 0.841 bits per heavy atom. The van der Waals surface area contributed by atoms with Gasteiger partial charge in [0.25, 0.3) is 5.56 Å². The molecule has 1 aromatic heterocycles. The number of ether oxygens (including phenoxy) is 7. The van der Waals surface area contributed by atoms with Gasteiger partial charge in [-0.05, 0) is 5.53 Å². The second-order valence-electron chi connectivity index (χ2n) is 12.2. The lowest BCUT2D eigenvalue weighted by atomic mass is 9.96. The van der Waals surface area contributed by atoms with Crippen LogP contribution in [-0.2, 0) is 84.4 Å². The highest BCUT2D eigenvalue weighted by atomic mass is 31.3. The number of hydrogen-bond acceptors (Lipinski definition) is 21. The number of amides is 1. The van der Waals surface area contributed by atoms with E-state index in [9.17, 15) is 83.6 Å². The monoisotopic (exact) mass is 966 g/mol. The maximum atomic E-state index is 13.3. The van der Waals surface area contributed by atoms with Gasteiger partial charge in [0.15, 0.2) is 36.9 Å². The fraction of sp³-hybridized carbons (Fsp3) is 0.630. The molecule has 2 saturated heterocycles. The van der Waals surface area contributed by atoms with Crippen molar-refractivity contribution in [2.45, 2.75) is 88.3 Å². The standard InChI is InChI=1S/C27H30F6N6O22P2/c1-9(40)52-7-12-17(54-10(2)41)19(55-11(3)42)16(36-15(44)6-35-38-34)22(57-12)60-63(50,51)61-62(48,49)53-8-13-18(58-23(45)26(28,29)30)20(59-24(46)27(31,32)33)21(56-13)39-5-4-14(43)37-25(39)47/h4-5,12-13,16-22H,6-8H2,1-3H3,(H,36,44)(H,48,49)(H,50,51)(H,37,43,47)/t12?,13-,16?,17+,18?,19-,20+,21-,22-/m1/s1. The SMILES string of the molecule is CC(=O)OCC1O[C@H](OP(=O)(O)OP(=O)(O)OC[C@H]2O[C@@H](n3ccc(=O)[nH]c3=O)[C@@H](OC(=O)C(F)(F)F)C2OC(=O)C(F)(F)F)C(NC(=O)CN=[N+]=[N-])[C@@H](OC(C)=O)[C@H]1OC(C)=O. The van der Waals surface area contributed by atoms with Crippen LogP contribution in [0.5, 0.6) is 0 Å². The summed E-state index contributed by atoms with van der Waals surface area (Å²) in [5.41, 5.74) is 5.86. The largest absolute Gasteiger partial charge is 0.490 e. The van der Waals surface area contributed by atoms with Crippen molar-refractivity contribution in [1.82, 2.24) is 14.9 Å². The summed E-state index contributed by atoms with van der Waals surface area (Å²) in [6.45, 7) is -1.31. The Bertz CT molecular complexity index is 2180. The van der Waals surface area contributed by atoms with Crippen molar-refractivity contribution in [1.29, 1.82) is 0 Å². The first-order chi connectivity index (χ1) is 28.9. The molecule has 11 atom stereocenters. The van der Waals surface area contributed by atoms with Gasteiger partial charge in [-0.3, -0.25) is 42.6 Å². The number of carbonyl (C=O) groups is 6. The van der Waals surface area contributed by atoms with Crippen LogP contribution < -0.4 is 16.6 Å². The number of phosphoric ester groups is 2. The molecule has 0 saturated carbocycles. The average molecular weight is 966 g/mol. The number of nitrogens with one attached hydrogen (secondary N) is 2. The van der Waals surface area contributed by atoms with E-state index in [4.69, 9.17) is 33.7 Å². The van der Waals surface area contributed by atoms with Crippen molar-refractivity contribution >= 4 is 51.4 Å². The molecule has 2 aliphatic heterocycles. The van der Waals surface area contributed by atoms with Crippen molar-refractivity contribution in [2.75, 3.05) is 19.8 Å². The lowest BCUT2D eigenvalue weighted by Gasteiger charge is -2.44. The smallest absolute Gasteiger partial charge is 0.463 e. The van der Waals surface area contributed by atoms with E-state index >= 15 is 0 Å². The summed E-state index contributed by atoms with van der Waals surface area (Å²) in [7, 11) is -12.6. The Morgan fingerprint density at radius 3 is 1.90 bits per heavy atom. The van der Waals surface area contributed by atoms with E-state index in [1.165, 1.54) is 0 Å². The van der Waals surface area contributed by atoms with Crippen molar-refractivity contribution in [3.63, 3.8) is 0 Å². The van der Waals surface area contributed by atoms with Crippen molar-refractivity contribution in [3.05, 3.63) is 43.5 Å². The van der Waals surface area contributed by atoms with Crippen molar-refractivity contribution in [3.8, 4) is 0 Å². The Kier molecular flexibility index (Phi) is 17.2. The number of nitrogens with zero attached hydrogens (tertiary/aromatic N) is 4. The molecule has 4 N–H and O–H groups in total. The minimum atomic E-state index is -6.30. The first-order valence-electron chi connectivity index (χ1n) is 16.6. The molecule has 3 rings (SSSR count). The molecular weight excluding hydrogens is 936 g/mol. The third-order valence-electron chi connectivity index (χ3n) is 7.51. The highest BCUT2D eigenvalue weighted by molar-refractivity contribution is 7.61. The van der Waals surface area contributed by atoms with Crippen LogP contribution in [-0.4, -0.2) is 136 Å². The van der Waals surface area contributed by atoms with Crippen LogP contribution >= 0.6 is 15.6 Å². The minimum absolute atomic E-state index is 0.116. The van der Waals surface area contributed by atoms with E-state index in [2.05, 4.69) is 28.3 Å². The number of azide groups is 1. The zero-order chi connectivity index (χ0) is 47.8. The fourth-order valence-corrected chi connectivity index (χ4v) is 7.45. The third-order valence-corrected chi connectivity index (χ3v) is 10.1. The number of aromatic nitrogens is 2. The van der Waals surface area contributed by atoms with E-state index in [0.29, 0.717) is 12.3 Å². The summed E-state index contributed by atoms with van der Waals surface area (Å²) in [5.74, 6) is -11.0. The Labute approximate surface area is 343 Å². The summed E-state index contributed by atoms with van der Waals surface area (Å²) in [6.07, 6.45) is -30.8. The number of rotatable bonds is 17. The summed E-state index contributed by atoms with van der Waals surface area (Å²) in [5, 5.41) is 4.98. The predicted octanol–water partition coefficient (Wildman–Crippen LogP) is -0.421. The average Bonchev–Trinajstić information content (AvgIpc) is 3.45. The van der Waals surface area contributed by atoms with Gasteiger partial charge in [0, 0.05) is 37.9 Å². The number of halogens is 6. The van der Waals surface area contributed by atoms with Gasteiger partial charge in [0.1, 0.15) is 31.4 Å². The van der Waals surface area contributed by atoms with E-state index in [1.807, 2.05) is 5.32 Å². The molecule has 1 aromatic rings. The highest BCUT2D eigenvalue weighted by Gasteiger charge is 2.58. The minimum Gasteiger partial charge on any atom is -0.463 e.